The summed E-state index contributed by atoms with van der Waals surface area (Å²) in [5.74, 6) is 0.245. The lowest BCUT2D eigenvalue weighted by molar-refractivity contribution is 0.389. The van der Waals surface area contributed by atoms with Crippen LogP contribution in [0.5, 0.6) is 0 Å². The Kier molecular flexibility index (Phi) is 17.5. The second-order valence-corrected chi connectivity index (χ2v) is 4.12. The van der Waals surface area contributed by atoms with E-state index in [9.17, 15) is 0 Å². The highest BCUT2D eigenvalue weighted by Gasteiger charge is 2.09. The van der Waals surface area contributed by atoms with Gasteiger partial charge in [-0.2, -0.15) is 0 Å². The fourth-order valence-corrected chi connectivity index (χ4v) is 1.71. The number of hydrogen-bond acceptors (Lipinski definition) is 3. The highest BCUT2D eigenvalue weighted by atomic mass is 16.3. The molecule has 3 nitrogen and oxygen atoms in total. The van der Waals surface area contributed by atoms with E-state index >= 15 is 0 Å². The molecule has 1 saturated carbocycles. The van der Waals surface area contributed by atoms with Crippen LogP contribution in [-0.2, 0) is 0 Å². The first kappa shape index (κ1) is 19.5. The Morgan fingerprint density at radius 1 is 1.33 bits per heavy atom. The molecule has 1 aliphatic carbocycles. The summed E-state index contributed by atoms with van der Waals surface area (Å²) in [6, 6.07) is 0.670. The summed E-state index contributed by atoms with van der Waals surface area (Å²) in [5, 5.41) is 11.3. The molecule has 2 N–H and O–H groups in total. The Morgan fingerprint density at radius 2 is 1.89 bits per heavy atom. The number of nitrogens with one attached hydrogen (secondary N) is 1. The number of aliphatic imine (C=N–C) groups is 1. The Hall–Kier alpha value is -0.830. The maximum atomic E-state index is 8.45. The van der Waals surface area contributed by atoms with Crippen LogP contribution in [-0.4, -0.2) is 31.0 Å². The van der Waals surface area contributed by atoms with Gasteiger partial charge < -0.3 is 10.4 Å². The number of nitrogens with zero attached hydrogens (tertiary/aromatic N) is 1. The van der Waals surface area contributed by atoms with Crippen molar-refractivity contribution < 1.29 is 5.11 Å². The quantitative estimate of drug-likeness (QED) is 0.587. The highest BCUT2D eigenvalue weighted by Crippen LogP contribution is 2.19. The van der Waals surface area contributed by atoms with E-state index in [0.29, 0.717) is 12.5 Å². The smallest absolute Gasteiger partial charge is 0.0863 e. The van der Waals surface area contributed by atoms with Crippen molar-refractivity contribution in [1.82, 2.24) is 5.32 Å². The van der Waals surface area contributed by atoms with E-state index in [1.165, 1.54) is 32.1 Å². The zero-order chi connectivity index (χ0) is 14.2. The van der Waals surface area contributed by atoms with E-state index < -0.39 is 0 Å². The van der Waals surface area contributed by atoms with Crippen LogP contribution in [0.3, 0.4) is 0 Å². The second-order valence-electron chi connectivity index (χ2n) is 4.12. The predicted octanol–water partition coefficient (Wildman–Crippen LogP) is 4.10. The van der Waals surface area contributed by atoms with E-state index in [-0.39, 0.29) is 5.76 Å². The van der Waals surface area contributed by atoms with Crippen molar-refractivity contribution in [2.24, 2.45) is 4.99 Å². The summed E-state index contributed by atoms with van der Waals surface area (Å²) in [4.78, 5) is 4.36. The van der Waals surface area contributed by atoms with Gasteiger partial charge in [0.1, 0.15) is 0 Å². The number of aliphatic hydroxyl groups excluding tert-OH is 1. The van der Waals surface area contributed by atoms with Crippen LogP contribution in [0.15, 0.2) is 17.3 Å². The van der Waals surface area contributed by atoms with Gasteiger partial charge in [0.05, 0.1) is 5.76 Å². The highest BCUT2D eigenvalue weighted by molar-refractivity contribution is 5.53. The Bertz CT molecular complexity index is 197. The minimum Gasteiger partial charge on any atom is -0.513 e. The van der Waals surface area contributed by atoms with Gasteiger partial charge in [-0.25, -0.2) is 0 Å². The topological polar surface area (TPSA) is 44.6 Å². The molecule has 0 bridgehead atoms. The molecule has 1 rings (SSSR count). The molecule has 0 radical (unpaired) electrons. The summed E-state index contributed by atoms with van der Waals surface area (Å²) >= 11 is 0. The van der Waals surface area contributed by atoms with Gasteiger partial charge >= 0.3 is 0 Å². The lowest BCUT2D eigenvalue weighted by atomic mass is 9.96. The first-order chi connectivity index (χ1) is 8.70. The first-order valence-corrected chi connectivity index (χ1v) is 7.19. The Labute approximate surface area is 113 Å². The molecular formula is C15H32N2O. The van der Waals surface area contributed by atoms with Crippen LogP contribution in [0.4, 0.5) is 0 Å². The van der Waals surface area contributed by atoms with Crippen molar-refractivity contribution in [2.45, 2.75) is 65.3 Å². The minimum absolute atomic E-state index is 0.245. The summed E-state index contributed by atoms with van der Waals surface area (Å²) in [7, 11) is 1.84. The number of hydrogen-bond donors (Lipinski definition) is 2. The van der Waals surface area contributed by atoms with Gasteiger partial charge in [-0.3, -0.25) is 4.99 Å². The van der Waals surface area contributed by atoms with E-state index in [1.54, 1.807) is 0 Å². The molecule has 0 aromatic heterocycles. The molecule has 0 saturated heterocycles. The maximum absolute atomic E-state index is 8.45. The molecule has 0 aromatic rings. The van der Waals surface area contributed by atoms with Crippen LogP contribution in [0.2, 0.25) is 0 Å². The van der Waals surface area contributed by atoms with Gasteiger partial charge in [0.25, 0.3) is 0 Å². The molecule has 18 heavy (non-hydrogen) atoms. The SMILES string of the molecule is C=C(O)CCNC.CC.CC=NC1CCCCC1. The van der Waals surface area contributed by atoms with Crippen LogP contribution < -0.4 is 5.32 Å². The third kappa shape index (κ3) is 15.2. The monoisotopic (exact) mass is 256 g/mol. The first-order valence-electron chi connectivity index (χ1n) is 7.19. The molecule has 1 fully saturated rings. The van der Waals surface area contributed by atoms with Gasteiger partial charge in [-0.1, -0.05) is 39.7 Å². The van der Waals surface area contributed by atoms with E-state index in [1.807, 2.05) is 34.0 Å². The molecule has 0 heterocycles. The van der Waals surface area contributed by atoms with Crippen LogP contribution in [0.1, 0.15) is 59.3 Å². The predicted molar refractivity (Wildman–Crippen MR) is 82.7 cm³/mol. The van der Waals surface area contributed by atoms with Crippen LogP contribution in [0.25, 0.3) is 0 Å². The van der Waals surface area contributed by atoms with Gasteiger partial charge in [-0.05, 0) is 33.0 Å². The summed E-state index contributed by atoms with van der Waals surface area (Å²) in [6.07, 6.45) is 9.45. The zero-order valence-electron chi connectivity index (χ0n) is 12.7. The molecule has 0 aromatic carbocycles. The van der Waals surface area contributed by atoms with E-state index in [2.05, 4.69) is 16.9 Å². The van der Waals surface area contributed by atoms with Gasteiger partial charge in [0.15, 0.2) is 0 Å². The Morgan fingerprint density at radius 3 is 2.22 bits per heavy atom. The van der Waals surface area contributed by atoms with Crippen molar-refractivity contribution in [1.29, 1.82) is 0 Å². The van der Waals surface area contributed by atoms with E-state index in [4.69, 9.17) is 5.11 Å². The number of aliphatic hydroxyl groups is 1. The molecule has 0 spiro atoms. The third-order valence-corrected chi connectivity index (χ3v) is 2.60. The second kappa shape index (κ2) is 16.2. The van der Waals surface area contributed by atoms with Crippen molar-refractivity contribution >= 4 is 6.21 Å². The standard InChI is InChI=1S/C8H15N.C5H11NO.C2H6/c1-2-9-8-6-4-3-5-7-8;1-5(7)3-4-6-2;1-2/h2,8H,3-7H2,1H3;6-7H,1,3-4H2,2H3;1-2H3. The third-order valence-electron chi connectivity index (χ3n) is 2.60. The minimum atomic E-state index is 0.245. The van der Waals surface area contributed by atoms with Crippen molar-refractivity contribution in [2.75, 3.05) is 13.6 Å². The molecule has 3 heteroatoms. The normalized spacial score (nSPS) is 15.3. The summed E-state index contributed by atoms with van der Waals surface area (Å²) in [6.45, 7) is 10.1. The summed E-state index contributed by atoms with van der Waals surface area (Å²) < 4.78 is 0. The van der Waals surface area contributed by atoms with Crippen LogP contribution in [0, 0.1) is 0 Å². The summed E-state index contributed by atoms with van der Waals surface area (Å²) in [5.41, 5.74) is 0. The van der Waals surface area contributed by atoms with Gasteiger partial charge in [-0.15, -0.1) is 0 Å². The lowest BCUT2D eigenvalue weighted by Crippen LogP contribution is -2.08. The van der Waals surface area contributed by atoms with Gasteiger partial charge in [0, 0.05) is 19.0 Å². The van der Waals surface area contributed by atoms with E-state index in [0.717, 1.165) is 6.54 Å². The lowest BCUT2D eigenvalue weighted by Gasteiger charge is -2.16. The maximum Gasteiger partial charge on any atom is 0.0863 e. The Balaban J connectivity index is 0. The van der Waals surface area contributed by atoms with Crippen LogP contribution >= 0.6 is 0 Å². The van der Waals surface area contributed by atoms with Crippen molar-refractivity contribution in [3.8, 4) is 0 Å². The van der Waals surface area contributed by atoms with Gasteiger partial charge in [0.2, 0.25) is 0 Å². The molecule has 0 amide bonds. The average molecular weight is 256 g/mol. The molecular weight excluding hydrogens is 224 g/mol. The van der Waals surface area contributed by atoms with Crippen molar-refractivity contribution in [3.05, 3.63) is 12.3 Å². The molecule has 0 unspecified atom stereocenters. The van der Waals surface area contributed by atoms with Crippen molar-refractivity contribution in [3.63, 3.8) is 0 Å². The number of rotatable bonds is 4. The zero-order valence-corrected chi connectivity index (χ0v) is 12.7. The fourth-order valence-electron chi connectivity index (χ4n) is 1.71. The molecule has 0 aliphatic heterocycles. The molecule has 1 aliphatic rings. The fraction of sp³-hybridized carbons (Fsp3) is 0.800. The largest absolute Gasteiger partial charge is 0.513 e. The molecule has 0 atom stereocenters. The average Bonchev–Trinajstić information content (AvgIpc) is 2.41. The molecule has 108 valence electrons.